The van der Waals surface area contributed by atoms with Gasteiger partial charge in [0.1, 0.15) is 18.0 Å². The molecule has 1 saturated heterocycles. The molecule has 3 aromatic carbocycles. The monoisotopic (exact) mass is 329 g/mol. The van der Waals surface area contributed by atoms with E-state index in [4.69, 9.17) is 9.47 Å². The van der Waals surface area contributed by atoms with Crippen molar-refractivity contribution >= 4 is 11.7 Å². The van der Waals surface area contributed by atoms with Gasteiger partial charge in [-0.05, 0) is 36.4 Å². The van der Waals surface area contributed by atoms with Gasteiger partial charge in [-0.1, -0.05) is 42.5 Å². The number of para-hydroxylation sites is 3. The highest BCUT2D eigenvalue weighted by molar-refractivity contribution is 5.84. The van der Waals surface area contributed by atoms with E-state index in [1.54, 1.807) is 0 Å². The number of benzene rings is 3. The predicted molar refractivity (Wildman–Crippen MR) is 93.6 cm³/mol. The van der Waals surface area contributed by atoms with Crippen molar-refractivity contribution in [3.8, 4) is 11.5 Å². The molecule has 0 unspecified atom stereocenters. The van der Waals surface area contributed by atoms with Gasteiger partial charge in [0.2, 0.25) is 5.72 Å². The standard InChI is InChI=1S/C21H15NO3/c23-20-14-22(15-8-2-1-3-9-15)21(25-20)16-10-4-6-12-18(16)24-19-13-7-5-11-17(19)21/h1-13H,14H2. The molecule has 4 nitrogen and oxygen atoms in total. The first-order valence-corrected chi connectivity index (χ1v) is 8.20. The van der Waals surface area contributed by atoms with Crippen LogP contribution in [0.5, 0.6) is 11.5 Å². The van der Waals surface area contributed by atoms with E-state index in [1.807, 2.05) is 83.8 Å². The number of carbonyl (C=O) groups is 1. The van der Waals surface area contributed by atoms with Crippen LogP contribution < -0.4 is 9.64 Å². The van der Waals surface area contributed by atoms with Crippen LogP contribution in [0.15, 0.2) is 78.9 Å². The Balaban J connectivity index is 1.83. The number of nitrogens with zero attached hydrogens (tertiary/aromatic N) is 1. The summed E-state index contributed by atoms with van der Waals surface area (Å²) < 4.78 is 12.1. The zero-order valence-electron chi connectivity index (χ0n) is 13.4. The number of carbonyl (C=O) groups excluding carboxylic acids is 1. The first kappa shape index (κ1) is 14.1. The second-order valence-corrected chi connectivity index (χ2v) is 6.13. The molecule has 2 aliphatic rings. The Kier molecular flexibility index (Phi) is 2.88. The van der Waals surface area contributed by atoms with Gasteiger partial charge in [0.15, 0.2) is 0 Å². The van der Waals surface area contributed by atoms with E-state index >= 15 is 0 Å². The Morgan fingerprint density at radius 3 is 1.96 bits per heavy atom. The number of rotatable bonds is 1. The lowest BCUT2D eigenvalue weighted by molar-refractivity contribution is -0.145. The summed E-state index contributed by atoms with van der Waals surface area (Å²) in [6.45, 7) is 0.187. The van der Waals surface area contributed by atoms with Crippen molar-refractivity contribution in [3.05, 3.63) is 90.0 Å². The van der Waals surface area contributed by atoms with E-state index in [2.05, 4.69) is 0 Å². The van der Waals surface area contributed by atoms with Crippen molar-refractivity contribution in [3.63, 3.8) is 0 Å². The summed E-state index contributed by atoms with van der Waals surface area (Å²) in [6, 6.07) is 25.3. The molecule has 0 N–H and O–H groups in total. The molecular formula is C21H15NO3. The first-order chi connectivity index (χ1) is 12.3. The number of hydrogen-bond donors (Lipinski definition) is 0. The molecule has 25 heavy (non-hydrogen) atoms. The number of fused-ring (bicyclic) bond motifs is 4. The molecule has 0 aromatic heterocycles. The SMILES string of the molecule is O=C1CN(c2ccccc2)C2(O1)c1ccccc1Oc1ccccc12. The number of esters is 1. The summed E-state index contributed by atoms with van der Waals surface area (Å²) in [5.74, 6) is 1.16. The maximum Gasteiger partial charge on any atom is 0.328 e. The summed E-state index contributed by atoms with van der Waals surface area (Å²) in [6.07, 6.45) is 0. The fraction of sp³-hybridized carbons (Fsp3) is 0.0952. The summed E-state index contributed by atoms with van der Waals surface area (Å²) in [5.41, 5.74) is 1.59. The van der Waals surface area contributed by atoms with Gasteiger partial charge >= 0.3 is 5.97 Å². The van der Waals surface area contributed by atoms with Gasteiger partial charge in [-0.25, -0.2) is 0 Å². The maximum absolute atomic E-state index is 12.4. The minimum absolute atomic E-state index is 0.187. The van der Waals surface area contributed by atoms with Crippen molar-refractivity contribution in [2.75, 3.05) is 11.4 Å². The van der Waals surface area contributed by atoms with Crippen molar-refractivity contribution in [2.45, 2.75) is 5.72 Å². The normalized spacial score (nSPS) is 16.8. The van der Waals surface area contributed by atoms with Crippen molar-refractivity contribution < 1.29 is 14.3 Å². The van der Waals surface area contributed by atoms with Crippen molar-refractivity contribution in [1.29, 1.82) is 0 Å². The number of anilines is 1. The van der Waals surface area contributed by atoms with Crippen LogP contribution in [0.25, 0.3) is 0 Å². The van der Waals surface area contributed by atoms with Gasteiger partial charge in [0.25, 0.3) is 0 Å². The first-order valence-electron chi connectivity index (χ1n) is 8.20. The van der Waals surface area contributed by atoms with Crippen LogP contribution in [0.3, 0.4) is 0 Å². The fourth-order valence-corrected chi connectivity index (χ4v) is 3.71. The largest absolute Gasteiger partial charge is 0.456 e. The van der Waals surface area contributed by atoms with Crippen LogP contribution in [-0.4, -0.2) is 12.5 Å². The highest BCUT2D eigenvalue weighted by Gasteiger charge is 2.55. The summed E-state index contributed by atoms with van der Waals surface area (Å²) in [7, 11) is 0. The smallest absolute Gasteiger partial charge is 0.328 e. The van der Waals surface area contributed by atoms with Gasteiger partial charge in [-0.2, -0.15) is 0 Å². The van der Waals surface area contributed by atoms with Crippen molar-refractivity contribution in [2.24, 2.45) is 0 Å². The third-order valence-electron chi connectivity index (χ3n) is 4.72. The average molecular weight is 329 g/mol. The van der Waals surface area contributed by atoms with Gasteiger partial charge in [-0.3, -0.25) is 4.79 Å². The Labute approximate surface area is 145 Å². The molecule has 122 valence electrons. The number of hydrogen-bond acceptors (Lipinski definition) is 4. The fourth-order valence-electron chi connectivity index (χ4n) is 3.71. The minimum Gasteiger partial charge on any atom is -0.456 e. The molecule has 0 amide bonds. The van der Waals surface area contributed by atoms with Crippen LogP contribution >= 0.6 is 0 Å². The zero-order chi connectivity index (χ0) is 16.9. The van der Waals surface area contributed by atoms with E-state index in [-0.39, 0.29) is 12.5 Å². The third-order valence-corrected chi connectivity index (χ3v) is 4.72. The number of ether oxygens (including phenoxy) is 2. The van der Waals surface area contributed by atoms with E-state index in [1.165, 1.54) is 0 Å². The third kappa shape index (κ3) is 1.91. The summed E-state index contributed by atoms with van der Waals surface area (Å²) >= 11 is 0. The molecule has 2 heterocycles. The Bertz CT molecular complexity index is 922. The lowest BCUT2D eigenvalue weighted by Crippen LogP contribution is -2.45. The highest BCUT2D eigenvalue weighted by atomic mass is 16.6. The highest BCUT2D eigenvalue weighted by Crippen LogP contribution is 2.53. The molecule has 0 bridgehead atoms. The Morgan fingerprint density at radius 2 is 1.32 bits per heavy atom. The van der Waals surface area contributed by atoms with Gasteiger partial charge < -0.3 is 14.4 Å². The van der Waals surface area contributed by atoms with Crippen molar-refractivity contribution in [1.82, 2.24) is 0 Å². The molecule has 5 rings (SSSR count). The topological polar surface area (TPSA) is 38.8 Å². The van der Waals surface area contributed by atoms with Gasteiger partial charge in [-0.15, -0.1) is 0 Å². The van der Waals surface area contributed by atoms with E-state index in [0.717, 1.165) is 16.8 Å². The molecule has 2 aliphatic heterocycles. The molecule has 1 spiro atoms. The second-order valence-electron chi connectivity index (χ2n) is 6.13. The van der Waals surface area contributed by atoms with Crippen LogP contribution in [0.2, 0.25) is 0 Å². The quantitative estimate of drug-likeness (QED) is 0.631. The van der Waals surface area contributed by atoms with E-state index < -0.39 is 5.72 Å². The molecule has 0 atom stereocenters. The molecule has 0 saturated carbocycles. The molecule has 0 aliphatic carbocycles. The maximum atomic E-state index is 12.4. The van der Waals surface area contributed by atoms with E-state index in [9.17, 15) is 4.79 Å². The Hall–Kier alpha value is -3.27. The van der Waals surface area contributed by atoms with Gasteiger partial charge in [0.05, 0.1) is 11.1 Å². The van der Waals surface area contributed by atoms with Gasteiger partial charge in [0, 0.05) is 5.69 Å². The molecule has 0 radical (unpaired) electrons. The second kappa shape index (κ2) is 5.11. The molecular weight excluding hydrogens is 314 g/mol. The van der Waals surface area contributed by atoms with Crippen LogP contribution in [-0.2, 0) is 15.3 Å². The van der Waals surface area contributed by atoms with E-state index in [0.29, 0.717) is 11.5 Å². The summed E-state index contributed by atoms with van der Waals surface area (Å²) in [4.78, 5) is 14.4. The molecule has 4 heteroatoms. The van der Waals surface area contributed by atoms with Crippen LogP contribution in [0, 0.1) is 0 Å². The Morgan fingerprint density at radius 1 is 0.760 bits per heavy atom. The lowest BCUT2D eigenvalue weighted by atomic mass is 9.89. The van der Waals surface area contributed by atoms with Crippen LogP contribution in [0.1, 0.15) is 11.1 Å². The molecule has 1 fully saturated rings. The lowest BCUT2D eigenvalue weighted by Gasteiger charge is -2.41. The zero-order valence-corrected chi connectivity index (χ0v) is 13.4. The minimum atomic E-state index is -1.01. The summed E-state index contributed by atoms with van der Waals surface area (Å²) in [5, 5.41) is 0. The molecule has 3 aromatic rings. The predicted octanol–water partition coefficient (Wildman–Crippen LogP) is 4.06. The average Bonchev–Trinajstić information content (AvgIpc) is 3.01. The van der Waals surface area contributed by atoms with Crippen LogP contribution in [0.4, 0.5) is 5.69 Å².